The van der Waals surface area contributed by atoms with Crippen LogP contribution >= 0.6 is 0 Å². The maximum Gasteiger partial charge on any atom is 0.0792 e. The largest absolute Gasteiger partial charge is 0.389 e. The minimum Gasteiger partial charge on any atom is -0.389 e. The maximum atomic E-state index is 9.22. The Bertz CT molecular complexity index is 240. The van der Waals surface area contributed by atoms with Crippen molar-refractivity contribution >= 4 is 0 Å². The highest BCUT2D eigenvalue weighted by Gasteiger charge is 2.04. The molecule has 0 bridgehead atoms. The highest BCUT2D eigenvalue weighted by Crippen LogP contribution is 2.10. The number of hydrogen-bond acceptors (Lipinski definition) is 2. The molecule has 3 heteroatoms. The van der Waals surface area contributed by atoms with E-state index in [-0.39, 0.29) is 0 Å². The quantitative estimate of drug-likeness (QED) is 0.744. The minimum atomic E-state index is -0.411. The van der Waals surface area contributed by atoms with E-state index < -0.39 is 6.10 Å². The molecule has 0 unspecified atom stereocenters. The summed E-state index contributed by atoms with van der Waals surface area (Å²) in [5, 5.41) is 13.4. The fourth-order valence-electron chi connectivity index (χ4n) is 1.07. The number of hydrogen-bond donors (Lipinski definition) is 1. The van der Waals surface area contributed by atoms with Crippen LogP contribution in [-0.2, 0) is 6.54 Å². The summed E-state index contributed by atoms with van der Waals surface area (Å²) in [6, 6.07) is 0. The van der Waals surface area contributed by atoms with Crippen molar-refractivity contribution in [3.8, 4) is 0 Å². The Labute approximate surface area is 73.0 Å². The Balaban J connectivity index is 2.64. The molecule has 1 rings (SSSR count). The molecule has 0 aliphatic heterocycles. The van der Waals surface area contributed by atoms with E-state index in [1.807, 2.05) is 10.9 Å². The normalized spacial score (nSPS) is 13.8. The third-order valence-corrected chi connectivity index (χ3v) is 1.69. The van der Waals surface area contributed by atoms with Crippen molar-refractivity contribution < 1.29 is 5.11 Å². The second-order valence-electron chi connectivity index (χ2n) is 3.57. The van der Waals surface area contributed by atoms with E-state index in [2.05, 4.69) is 18.9 Å². The molecule has 0 saturated heterocycles. The molecule has 3 nitrogen and oxygen atoms in total. The fraction of sp³-hybridized carbons (Fsp3) is 0.667. The molecular formula is C9H16N2O. The van der Waals surface area contributed by atoms with Crippen LogP contribution in [0.25, 0.3) is 0 Å². The van der Waals surface area contributed by atoms with Gasteiger partial charge in [-0.05, 0) is 12.8 Å². The molecule has 0 aromatic carbocycles. The molecule has 1 N–H and O–H groups in total. The molecule has 0 amide bonds. The van der Waals surface area contributed by atoms with Crippen LogP contribution in [0.1, 0.15) is 32.4 Å². The van der Waals surface area contributed by atoms with Crippen LogP contribution < -0.4 is 0 Å². The summed E-state index contributed by atoms with van der Waals surface area (Å²) in [5.74, 6) is 0.590. The first-order valence-corrected chi connectivity index (χ1v) is 4.30. The van der Waals surface area contributed by atoms with Gasteiger partial charge in [-0.25, -0.2) is 0 Å². The van der Waals surface area contributed by atoms with Crippen molar-refractivity contribution in [1.82, 2.24) is 9.78 Å². The predicted octanol–water partition coefficient (Wildman–Crippen LogP) is 1.59. The summed E-state index contributed by atoms with van der Waals surface area (Å²) < 4.78 is 1.87. The summed E-state index contributed by atoms with van der Waals surface area (Å²) in [7, 11) is 0. The van der Waals surface area contributed by atoms with E-state index in [9.17, 15) is 5.11 Å². The number of aliphatic hydroxyl groups excluding tert-OH is 1. The topological polar surface area (TPSA) is 38.0 Å². The Morgan fingerprint density at radius 2 is 2.17 bits per heavy atom. The molecule has 1 atom stereocenters. The van der Waals surface area contributed by atoms with Gasteiger partial charge in [-0.3, -0.25) is 4.68 Å². The van der Waals surface area contributed by atoms with E-state index in [4.69, 9.17) is 0 Å². The highest BCUT2D eigenvalue weighted by molar-refractivity contribution is 5.06. The molecule has 0 radical (unpaired) electrons. The van der Waals surface area contributed by atoms with Gasteiger partial charge in [-0.2, -0.15) is 5.10 Å². The third-order valence-electron chi connectivity index (χ3n) is 1.69. The van der Waals surface area contributed by atoms with Gasteiger partial charge in [0.05, 0.1) is 12.3 Å². The lowest BCUT2D eigenvalue weighted by Crippen LogP contribution is -2.04. The van der Waals surface area contributed by atoms with Crippen molar-refractivity contribution in [2.45, 2.75) is 33.4 Å². The zero-order chi connectivity index (χ0) is 9.14. The molecule has 1 aromatic heterocycles. The smallest absolute Gasteiger partial charge is 0.0792 e. The van der Waals surface area contributed by atoms with Crippen LogP contribution in [0.15, 0.2) is 12.4 Å². The van der Waals surface area contributed by atoms with Crippen molar-refractivity contribution in [2.24, 2.45) is 5.92 Å². The van der Waals surface area contributed by atoms with E-state index >= 15 is 0 Å². The zero-order valence-corrected chi connectivity index (χ0v) is 7.86. The molecule has 0 fully saturated rings. The molecule has 12 heavy (non-hydrogen) atoms. The summed E-state index contributed by atoms with van der Waals surface area (Å²) in [4.78, 5) is 0. The van der Waals surface area contributed by atoms with Crippen LogP contribution in [-0.4, -0.2) is 14.9 Å². The van der Waals surface area contributed by atoms with Gasteiger partial charge in [0.2, 0.25) is 0 Å². The summed E-state index contributed by atoms with van der Waals surface area (Å²) >= 11 is 0. The van der Waals surface area contributed by atoms with E-state index in [0.717, 1.165) is 12.1 Å². The van der Waals surface area contributed by atoms with Crippen LogP contribution in [0, 0.1) is 5.92 Å². The molecule has 1 aromatic rings. The molecular weight excluding hydrogens is 152 g/mol. The van der Waals surface area contributed by atoms with Crippen molar-refractivity contribution in [3.63, 3.8) is 0 Å². The first-order chi connectivity index (χ1) is 5.59. The molecule has 68 valence electrons. The average molecular weight is 168 g/mol. The summed E-state index contributed by atoms with van der Waals surface area (Å²) in [5.41, 5.74) is 0.885. The van der Waals surface area contributed by atoms with Gasteiger partial charge in [0.15, 0.2) is 0 Å². The number of aliphatic hydroxyl groups is 1. The monoisotopic (exact) mass is 168 g/mol. The molecule has 0 saturated carbocycles. The second-order valence-corrected chi connectivity index (χ2v) is 3.57. The van der Waals surface area contributed by atoms with Crippen LogP contribution in [0.5, 0.6) is 0 Å². The Hall–Kier alpha value is -0.830. The fourth-order valence-corrected chi connectivity index (χ4v) is 1.07. The zero-order valence-electron chi connectivity index (χ0n) is 7.86. The molecule has 1 heterocycles. The minimum absolute atomic E-state index is 0.411. The number of nitrogens with zero attached hydrogens (tertiary/aromatic N) is 2. The Morgan fingerprint density at radius 3 is 2.58 bits per heavy atom. The van der Waals surface area contributed by atoms with Crippen LogP contribution in [0.2, 0.25) is 0 Å². The van der Waals surface area contributed by atoms with Crippen molar-refractivity contribution in [3.05, 3.63) is 18.0 Å². The van der Waals surface area contributed by atoms with Crippen molar-refractivity contribution in [1.29, 1.82) is 0 Å². The third kappa shape index (κ3) is 2.34. The second kappa shape index (κ2) is 3.72. The van der Waals surface area contributed by atoms with Crippen LogP contribution in [0.4, 0.5) is 0 Å². The van der Waals surface area contributed by atoms with Gasteiger partial charge < -0.3 is 5.11 Å². The number of rotatable bonds is 3. The van der Waals surface area contributed by atoms with Gasteiger partial charge in [-0.15, -0.1) is 0 Å². The first kappa shape index (κ1) is 9.26. The van der Waals surface area contributed by atoms with Crippen molar-refractivity contribution in [2.75, 3.05) is 0 Å². The lowest BCUT2D eigenvalue weighted by Gasteiger charge is -2.03. The summed E-state index contributed by atoms with van der Waals surface area (Å²) in [6.45, 7) is 6.94. The average Bonchev–Trinajstić information content (AvgIpc) is 2.34. The summed E-state index contributed by atoms with van der Waals surface area (Å²) in [6.07, 6.45) is 3.20. The van der Waals surface area contributed by atoms with E-state index in [1.54, 1.807) is 13.1 Å². The Morgan fingerprint density at radius 1 is 1.50 bits per heavy atom. The lowest BCUT2D eigenvalue weighted by atomic mass is 10.2. The molecule has 0 aliphatic rings. The Kier molecular flexibility index (Phi) is 2.87. The van der Waals surface area contributed by atoms with Gasteiger partial charge in [0.25, 0.3) is 0 Å². The lowest BCUT2D eigenvalue weighted by molar-refractivity contribution is 0.199. The highest BCUT2D eigenvalue weighted by atomic mass is 16.3. The standard InChI is InChI=1S/C9H16N2O/c1-7(2)5-11-6-9(4-10-11)8(3)12/h4,6-8,12H,5H2,1-3H3/t8-/m0/s1. The van der Waals surface area contributed by atoms with Gasteiger partial charge in [0.1, 0.15) is 0 Å². The van der Waals surface area contributed by atoms with Crippen LogP contribution in [0.3, 0.4) is 0 Å². The van der Waals surface area contributed by atoms with Gasteiger partial charge in [0, 0.05) is 18.3 Å². The number of aromatic nitrogens is 2. The van der Waals surface area contributed by atoms with Gasteiger partial charge >= 0.3 is 0 Å². The molecule has 0 aliphatic carbocycles. The first-order valence-electron chi connectivity index (χ1n) is 4.30. The molecule has 0 spiro atoms. The SMILES string of the molecule is CC(C)Cn1cc([C@H](C)O)cn1. The van der Waals surface area contributed by atoms with E-state index in [0.29, 0.717) is 5.92 Å². The maximum absolute atomic E-state index is 9.22. The van der Waals surface area contributed by atoms with E-state index in [1.165, 1.54) is 0 Å². The van der Waals surface area contributed by atoms with Gasteiger partial charge in [-0.1, -0.05) is 13.8 Å². The predicted molar refractivity (Wildman–Crippen MR) is 47.7 cm³/mol.